The standard InChI is InChI=1S/C22H28N2O5S/c1-24(17-8-11-28-12-9-17)10-13-29-18-5-3-4-16(14-18)15-23-21(25)19-6-7-20(30-19)22(26)27-2/h3-7,14,17H,8-13,15H2,1-2H3,(H,23,25). The summed E-state index contributed by atoms with van der Waals surface area (Å²) in [5.41, 5.74) is 0.948. The molecular weight excluding hydrogens is 404 g/mol. The van der Waals surface area contributed by atoms with Gasteiger partial charge in [0.2, 0.25) is 0 Å². The van der Waals surface area contributed by atoms with E-state index in [9.17, 15) is 9.59 Å². The van der Waals surface area contributed by atoms with E-state index in [0.717, 1.165) is 55.2 Å². The zero-order chi connectivity index (χ0) is 21.3. The van der Waals surface area contributed by atoms with Gasteiger partial charge in [-0.05, 0) is 49.7 Å². The zero-order valence-electron chi connectivity index (χ0n) is 17.4. The van der Waals surface area contributed by atoms with Gasteiger partial charge >= 0.3 is 5.97 Å². The van der Waals surface area contributed by atoms with E-state index in [4.69, 9.17) is 9.47 Å². The van der Waals surface area contributed by atoms with Crippen molar-refractivity contribution in [3.63, 3.8) is 0 Å². The van der Waals surface area contributed by atoms with Gasteiger partial charge in [-0.1, -0.05) is 12.1 Å². The Bertz CT molecular complexity index is 848. The average molecular weight is 433 g/mol. The van der Waals surface area contributed by atoms with E-state index in [1.807, 2.05) is 24.3 Å². The highest BCUT2D eigenvalue weighted by Gasteiger charge is 2.18. The van der Waals surface area contributed by atoms with Gasteiger partial charge in [-0.3, -0.25) is 9.69 Å². The summed E-state index contributed by atoms with van der Waals surface area (Å²) in [5, 5.41) is 2.87. The Morgan fingerprint density at radius 2 is 1.97 bits per heavy atom. The molecule has 2 heterocycles. The number of thiophene rings is 1. The lowest BCUT2D eigenvalue weighted by Gasteiger charge is -2.31. The highest BCUT2D eigenvalue weighted by Crippen LogP contribution is 2.18. The SMILES string of the molecule is COC(=O)c1ccc(C(=O)NCc2cccc(OCCN(C)C3CCOCC3)c2)s1. The predicted octanol–water partition coefficient (Wildman–Crippen LogP) is 2.95. The Hall–Kier alpha value is -2.42. The first-order valence-corrected chi connectivity index (χ1v) is 10.8. The molecule has 0 spiro atoms. The molecule has 3 rings (SSSR count). The minimum absolute atomic E-state index is 0.223. The van der Waals surface area contributed by atoms with E-state index in [-0.39, 0.29) is 5.91 Å². The molecule has 30 heavy (non-hydrogen) atoms. The highest BCUT2D eigenvalue weighted by atomic mass is 32.1. The van der Waals surface area contributed by atoms with Crippen molar-refractivity contribution in [2.24, 2.45) is 0 Å². The molecule has 1 aromatic heterocycles. The fraction of sp³-hybridized carbons (Fsp3) is 0.455. The van der Waals surface area contributed by atoms with Gasteiger partial charge in [0.15, 0.2) is 0 Å². The van der Waals surface area contributed by atoms with Gasteiger partial charge in [-0.25, -0.2) is 4.79 Å². The van der Waals surface area contributed by atoms with Crippen LogP contribution in [0.1, 0.15) is 37.7 Å². The van der Waals surface area contributed by atoms with Crippen molar-refractivity contribution >= 4 is 23.2 Å². The second-order valence-corrected chi connectivity index (χ2v) is 8.24. The number of hydrogen-bond acceptors (Lipinski definition) is 7. The van der Waals surface area contributed by atoms with Crippen LogP contribution in [0.2, 0.25) is 0 Å². The average Bonchev–Trinajstić information content (AvgIpc) is 3.28. The van der Waals surface area contributed by atoms with Crippen LogP contribution in [0.25, 0.3) is 0 Å². The molecule has 1 fully saturated rings. The number of benzene rings is 1. The second-order valence-electron chi connectivity index (χ2n) is 7.16. The second kappa shape index (κ2) is 11.1. The molecule has 1 amide bonds. The summed E-state index contributed by atoms with van der Waals surface area (Å²) in [6.45, 7) is 3.50. The van der Waals surface area contributed by atoms with Gasteiger partial charge in [-0.2, -0.15) is 0 Å². The fourth-order valence-electron chi connectivity index (χ4n) is 3.30. The van der Waals surface area contributed by atoms with Crippen LogP contribution in [0.4, 0.5) is 0 Å². The molecule has 1 N–H and O–H groups in total. The van der Waals surface area contributed by atoms with Crippen molar-refractivity contribution in [2.45, 2.75) is 25.4 Å². The van der Waals surface area contributed by atoms with E-state index in [1.54, 1.807) is 12.1 Å². The number of hydrogen-bond donors (Lipinski definition) is 1. The van der Waals surface area contributed by atoms with Crippen LogP contribution in [0.3, 0.4) is 0 Å². The molecule has 1 aromatic carbocycles. The van der Waals surface area contributed by atoms with Crippen molar-refractivity contribution in [1.82, 2.24) is 10.2 Å². The molecule has 0 unspecified atom stereocenters. The molecule has 0 bridgehead atoms. The third-order valence-corrected chi connectivity index (χ3v) is 6.16. The van der Waals surface area contributed by atoms with Crippen LogP contribution < -0.4 is 10.1 Å². The maximum absolute atomic E-state index is 12.3. The van der Waals surface area contributed by atoms with Gasteiger partial charge in [-0.15, -0.1) is 11.3 Å². The van der Waals surface area contributed by atoms with Crippen molar-refractivity contribution < 1.29 is 23.8 Å². The predicted molar refractivity (Wildman–Crippen MR) is 115 cm³/mol. The number of rotatable bonds is 9. The third-order valence-electron chi connectivity index (χ3n) is 5.09. The van der Waals surface area contributed by atoms with Crippen molar-refractivity contribution in [2.75, 3.05) is 40.5 Å². The Morgan fingerprint density at radius 3 is 2.73 bits per heavy atom. The normalized spacial score (nSPS) is 14.5. The molecule has 0 saturated carbocycles. The lowest BCUT2D eigenvalue weighted by Crippen LogP contribution is -2.38. The number of likely N-dealkylation sites (N-methyl/N-ethyl adjacent to an activating group) is 1. The lowest BCUT2D eigenvalue weighted by molar-refractivity contribution is 0.0392. The Balaban J connectivity index is 1.45. The number of methoxy groups -OCH3 is 1. The van der Waals surface area contributed by atoms with E-state index >= 15 is 0 Å². The molecule has 0 atom stereocenters. The monoisotopic (exact) mass is 432 g/mol. The quantitative estimate of drug-likeness (QED) is 0.614. The molecule has 8 heteroatoms. The van der Waals surface area contributed by atoms with Crippen LogP contribution >= 0.6 is 11.3 Å². The summed E-state index contributed by atoms with van der Waals surface area (Å²) < 4.78 is 16.0. The lowest BCUT2D eigenvalue weighted by atomic mass is 10.1. The molecule has 7 nitrogen and oxygen atoms in total. The Kier molecular flexibility index (Phi) is 8.24. The number of ether oxygens (including phenoxy) is 3. The number of nitrogens with zero attached hydrogens (tertiary/aromatic N) is 1. The Labute approximate surface area is 180 Å². The molecule has 2 aromatic rings. The zero-order valence-corrected chi connectivity index (χ0v) is 18.2. The molecule has 0 aliphatic carbocycles. The van der Waals surface area contributed by atoms with Crippen LogP contribution in [0, 0.1) is 0 Å². The Morgan fingerprint density at radius 1 is 1.20 bits per heavy atom. The fourth-order valence-corrected chi connectivity index (χ4v) is 4.14. The first-order chi connectivity index (χ1) is 14.6. The molecule has 162 valence electrons. The van der Waals surface area contributed by atoms with Crippen LogP contribution in [-0.4, -0.2) is 63.3 Å². The van der Waals surface area contributed by atoms with Crippen molar-refractivity contribution in [1.29, 1.82) is 0 Å². The highest BCUT2D eigenvalue weighted by molar-refractivity contribution is 7.15. The number of amides is 1. The first-order valence-electron chi connectivity index (χ1n) is 10.0. The molecule has 1 aliphatic heterocycles. The summed E-state index contributed by atoms with van der Waals surface area (Å²) in [7, 11) is 3.45. The van der Waals surface area contributed by atoms with Gasteiger partial charge < -0.3 is 19.5 Å². The number of carbonyl (C=O) groups excluding carboxylic acids is 2. The summed E-state index contributed by atoms with van der Waals surface area (Å²) in [5.74, 6) is 0.122. The van der Waals surface area contributed by atoms with Gasteiger partial charge in [0.25, 0.3) is 5.91 Å². The summed E-state index contributed by atoms with van der Waals surface area (Å²) in [4.78, 5) is 27.1. The van der Waals surface area contributed by atoms with Crippen LogP contribution in [0.15, 0.2) is 36.4 Å². The summed E-state index contributed by atoms with van der Waals surface area (Å²) in [6.07, 6.45) is 2.13. The third kappa shape index (κ3) is 6.29. The van der Waals surface area contributed by atoms with Crippen molar-refractivity contribution in [3.05, 3.63) is 51.7 Å². The number of esters is 1. The number of nitrogens with one attached hydrogen (secondary N) is 1. The van der Waals surface area contributed by atoms with Crippen LogP contribution in [0.5, 0.6) is 5.75 Å². The minimum atomic E-state index is -0.439. The molecule has 0 radical (unpaired) electrons. The summed E-state index contributed by atoms with van der Waals surface area (Å²) >= 11 is 1.11. The maximum atomic E-state index is 12.3. The molecule has 1 saturated heterocycles. The van der Waals surface area contributed by atoms with E-state index in [2.05, 4.69) is 22.0 Å². The largest absolute Gasteiger partial charge is 0.492 e. The first kappa shape index (κ1) is 22.3. The molecular formula is C22H28N2O5S. The minimum Gasteiger partial charge on any atom is -0.492 e. The topological polar surface area (TPSA) is 77.1 Å². The van der Waals surface area contributed by atoms with Gasteiger partial charge in [0, 0.05) is 32.3 Å². The van der Waals surface area contributed by atoms with Crippen molar-refractivity contribution in [3.8, 4) is 5.75 Å². The van der Waals surface area contributed by atoms with E-state index in [1.165, 1.54) is 7.11 Å². The van der Waals surface area contributed by atoms with Gasteiger partial charge in [0.1, 0.15) is 17.2 Å². The van der Waals surface area contributed by atoms with E-state index in [0.29, 0.717) is 28.9 Å². The molecule has 1 aliphatic rings. The number of carbonyl (C=O) groups is 2. The summed E-state index contributed by atoms with van der Waals surface area (Å²) in [6, 6.07) is 11.5. The van der Waals surface area contributed by atoms with Gasteiger partial charge in [0.05, 0.1) is 12.0 Å². The maximum Gasteiger partial charge on any atom is 0.348 e. The van der Waals surface area contributed by atoms with Crippen LogP contribution in [-0.2, 0) is 16.0 Å². The van der Waals surface area contributed by atoms with E-state index < -0.39 is 5.97 Å². The smallest absolute Gasteiger partial charge is 0.348 e.